The number of nitrogens with zero attached hydrogens (tertiary/aromatic N) is 2. The van der Waals surface area contributed by atoms with E-state index >= 15 is 0 Å². The first kappa shape index (κ1) is 28.7. The second kappa shape index (κ2) is 12.0. The highest BCUT2D eigenvalue weighted by molar-refractivity contribution is 7.13. The number of carbonyl (C=O) groups is 3. The maximum atomic E-state index is 13.1. The van der Waals surface area contributed by atoms with Crippen LogP contribution in [0.5, 0.6) is 0 Å². The van der Waals surface area contributed by atoms with Crippen molar-refractivity contribution in [1.82, 2.24) is 15.2 Å². The fourth-order valence-electron chi connectivity index (χ4n) is 4.01. The van der Waals surface area contributed by atoms with Crippen molar-refractivity contribution in [2.45, 2.75) is 65.6 Å². The summed E-state index contributed by atoms with van der Waals surface area (Å²) in [6.45, 7) is 9.55. The predicted molar refractivity (Wildman–Crippen MR) is 139 cm³/mol. The third kappa shape index (κ3) is 7.25. The fraction of sp³-hybridized carbons (Fsp3) is 0.520. The molecule has 8 nitrogen and oxygen atoms in total. The molecule has 1 saturated heterocycles. The smallest absolute Gasteiger partial charge is 0.302 e. The number of aryl methyl sites for hydroxylation is 1. The van der Waals surface area contributed by atoms with Crippen LogP contribution in [-0.4, -0.2) is 58.9 Å². The minimum Gasteiger partial charge on any atom is -0.461 e. The lowest BCUT2D eigenvalue weighted by Crippen LogP contribution is -2.55. The van der Waals surface area contributed by atoms with Gasteiger partial charge in [-0.3, -0.25) is 14.4 Å². The van der Waals surface area contributed by atoms with Gasteiger partial charge in [0.1, 0.15) is 12.1 Å². The Kier molecular flexibility index (Phi) is 9.83. The molecule has 0 radical (unpaired) electrons. The van der Waals surface area contributed by atoms with Crippen LogP contribution in [0.3, 0.4) is 0 Å². The Bertz CT molecular complexity index is 1030. The number of nitrogens with two attached hydrogens (primary N) is 1. The SMILES string of the molecule is CC(=O)OC1CC(C(=O)NCCc2ccc(-c3scnc3C)cc2)N(C(=O)[C@H](N)C(C)(C)C)C1.Cl. The lowest BCUT2D eigenvalue weighted by molar-refractivity contribution is -0.147. The number of halogens is 1. The van der Waals surface area contributed by atoms with Gasteiger partial charge in [-0.2, -0.15) is 0 Å². The summed E-state index contributed by atoms with van der Waals surface area (Å²) in [5.41, 5.74) is 10.8. The minimum absolute atomic E-state index is 0. The zero-order valence-electron chi connectivity index (χ0n) is 20.9. The number of aromatic nitrogens is 1. The van der Waals surface area contributed by atoms with E-state index in [9.17, 15) is 14.4 Å². The Balaban J connectivity index is 0.00000432. The number of rotatable bonds is 7. The van der Waals surface area contributed by atoms with Gasteiger partial charge in [0, 0.05) is 19.9 Å². The van der Waals surface area contributed by atoms with Crippen molar-refractivity contribution in [3.8, 4) is 10.4 Å². The number of esters is 1. The highest BCUT2D eigenvalue weighted by atomic mass is 35.5. The summed E-state index contributed by atoms with van der Waals surface area (Å²) in [5, 5.41) is 2.94. The number of carbonyl (C=O) groups excluding carboxylic acids is 3. The van der Waals surface area contributed by atoms with Gasteiger partial charge in [0.25, 0.3) is 0 Å². The van der Waals surface area contributed by atoms with Crippen molar-refractivity contribution in [3.05, 3.63) is 41.0 Å². The topological polar surface area (TPSA) is 115 Å². The molecule has 0 bridgehead atoms. The summed E-state index contributed by atoms with van der Waals surface area (Å²) in [6.07, 6.45) is 0.396. The Labute approximate surface area is 217 Å². The first-order valence-corrected chi connectivity index (χ1v) is 12.4. The van der Waals surface area contributed by atoms with Gasteiger partial charge in [0.05, 0.1) is 28.7 Å². The Morgan fingerprint density at radius 1 is 1.26 bits per heavy atom. The number of likely N-dealkylation sites (tertiary alicyclic amines) is 1. The number of hydrogen-bond acceptors (Lipinski definition) is 7. The molecule has 0 spiro atoms. The van der Waals surface area contributed by atoms with Crippen LogP contribution in [0.4, 0.5) is 0 Å². The van der Waals surface area contributed by atoms with E-state index < -0.39 is 29.6 Å². The normalized spacial score (nSPS) is 18.5. The van der Waals surface area contributed by atoms with Crippen molar-refractivity contribution in [2.24, 2.45) is 11.1 Å². The molecule has 3 rings (SSSR count). The van der Waals surface area contributed by atoms with Crippen molar-refractivity contribution < 1.29 is 19.1 Å². The molecule has 2 heterocycles. The summed E-state index contributed by atoms with van der Waals surface area (Å²) < 4.78 is 5.30. The zero-order chi connectivity index (χ0) is 25.0. The number of nitrogens with one attached hydrogen (secondary N) is 1. The molecular weight excluding hydrogens is 488 g/mol. The maximum absolute atomic E-state index is 13.1. The molecule has 2 unspecified atom stereocenters. The quantitative estimate of drug-likeness (QED) is 0.540. The van der Waals surface area contributed by atoms with Crippen LogP contribution < -0.4 is 11.1 Å². The largest absolute Gasteiger partial charge is 0.461 e. The molecule has 1 aliphatic rings. The molecule has 192 valence electrons. The lowest BCUT2D eigenvalue weighted by Gasteiger charge is -2.32. The molecular formula is C25H35ClN4O4S. The lowest BCUT2D eigenvalue weighted by atomic mass is 9.86. The van der Waals surface area contributed by atoms with Crippen LogP contribution in [0.25, 0.3) is 10.4 Å². The first-order chi connectivity index (χ1) is 16.0. The third-order valence-electron chi connectivity index (χ3n) is 6.05. The summed E-state index contributed by atoms with van der Waals surface area (Å²) >= 11 is 1.61. The molecule has 1 aliphatic heterocycles. The van der Waals surface area contributed by atoms with Crippen molar-refractivity contribution in [1.29, 1.82) is 0 Å². The number of thiazole rings is 1. The van der Waals surface area contributed by atoms with E-state index in [4.69, 9.17) is 10.5 Å². The maximum Gasteiger partial charge on any atom is 0.302 e. The van der Waals surface area contributed by atoms with E-state index in [1.165, 1.54) is 11.8 Å². The Morgan fingerprint density at radius 3 is 2.46 bits per heavy atom. The molecule has 2 aromatic rings. The van der Waals surface area contributed by atoms with E-state index in [0.717, 1.165) is 21.7 Å². The van der Waals surface area contributed by atoms with Crippen molar-refractivity contribution in [3.63, 3.8) is 0 Å². The van der Waals surface area contributed by atoms with E-state index in [0.29, 0.717) is 13.0 Å². The molecule has 3 N–H and O–H groups in total. The third-order valence-corrected chi connectivity index (χ3v) is 7.03. The van der Waals surface area contributed by atoms with Crippen LogP contribution in [0.2, 0.25) is 0 Å². The Hall–Kier alpha value is -2.49. The zero-order valence-corrected chi connectivity index (χ0v) is 22.5. The average Bonchev–Trinajstić information content (AvgIpc) is 3.38. The second-order valence-electron chi connectivity index (χ2n) is 9.82. The van der Waals surface area contributed by atoms with Crippen LogP contribution in [0, 0.1) is 12.3 Å². The number of benzene rings is 1. The summed E-state index contributed by atoms with van der Waals surface area (Å²) in [4.78, 5) is 44.4. The van der Waals surface area contributed by atoms with Gasteiger partial charge in [-0.25, -0.2) is 4.98 Å². The van der Waals surface area contributed by atoms with Gasteiger partial charge in [0.2, 0.25) is 11.8 Å². The highest BCUT2D eigenvalue weighted by Crippen LogP contribution is 2.28. The van der Waals surface area contributed by atoms with Gasteiger partial charge in [-0.1, -0.05) is 45.0 Å². The molecule has 0 aliphatic carbocycles. The van der Waals surface area contributed by atoms with Crippen molar-refractivity contribution >= 4 is 41.5 Å². The molecule has 0 saturated carbocycles. The highest BCUT2D eigenvalue weighted by Gasteiger charge is 2.44. The molecule has 35 heavy (non-hydrogen) atoms. The van der Waals surface area contributed by atoms with Gasteiger partial charge < -0.3 is 20.7 Å². The predicted octanol–water partition coefficient (Wildman–Crippen LogP) is 3.11. The summed E-state index contributed by atoms with van der Waals surface area (Å²) in [7, 11) is 0. The van der Waals surface area contributed by atoms with E-state index in [-0.39, 0.29) is 37.2 Å². The Morgan fingerprint density at radius 2 is 1.91 bits per heavy atom. The van der Waals surface area contributed by atoms with E-state index in [1.807, 2.05) is 45.3 Å². The van der Waals surface area contributed by atoms with Gasteiger partial charge in [-0.05, 0) is 29.9 Å². The average molecular weight is 523 g/mol. The molecule has 1 aromatic carbocycles. The summed E-state index contributed by atoms with van der Waals surface area (Å²) in [6, 6.07) is 6.73. The molecule has 10 heteroatoms. The first-order valence-electron chi connectivity index (χ1n) is 11.5. The molecule has 3 atom stereocenters. The standard InChI is InChI=1S/C25H34N4O4S.ClH/c1-15-21(34-14-28-15)18-8-6-17(7-9-18)10-11-27-23(31)20-12-19(33-16(2)30)13-29(20)24(32)22(26)25(3,4)5;/h6-9,14,19-20,22H,10-13,26H2,1-5H3,(H,27,31);1H/t19?,20?,22-;/m0./s1. The van der Waals surface area contributed by atoms with Crippen LogP contribution in [0.1, 0.15) is 45.4 Å². The van der Waals surface area contributed by atoms with E-state index in [2.05, 4.69) is 22.4 Å². The molecule has 1 fully saturated rings. The molecule has 1 aromatic heterocycles. The minimum atomic E-state index is -0.764. The number of hydrogen-bond donors (Lipinski definition) is 2. The van der Waals surface area contributed by atoms with Crippen LogP contribution in [-0.2, 0) is 25.5 Å². The van der Waals surface area contributed by atoms with E-state index in [1.54, 1.807) is 11.3 Å². The second-order valence-corrected chi connectivity index (χ2v) is 10.7. The van der Waals surface area contributed by atoms with Gasteiger partial charge >= 0.3 is 5.97 Å². The van der Waals surface area contributed by atoms with Gasteiger partial charge in [-0.15, -0.1) is 23.7 Å². The fourth-order valence-corrected chi connectivity index (χ4v) is 4.82. The van der Waals surface area contributed by atoms with Gasteiger partial charge in [0.15, 0.2) is 0 Å². The number of ether oxygens (including phenoxy) is 1. The summed E-state index contributed by atoms with van der Waals surface area (Å²) in [5.74, 6) is -1.01. The van der Waals surface area contributed by atoms with Crippen LogP contribution in [0.15, 0.2) is 29.8 Å². The van der Waals surface area contributed by atoms with Crippen molar-refractivity contribution in [2.75, 3.05) is 13.1 Å². The van der Waals surface area contributed by atoms with Crippen LogP contribution >= 0.6 is 23.7 Å². The number of amides is 2. The monoisotopic (exact) mass is 522 g/mol. The molecule has 2 amide bonds.